The van der Waals surface area contributed by atoms with Gasteiger partial charge >= 0.3 is 12.0 Å². The van der Waals surface area contributed by atoms with Gasteiger partial charge in [0.25, 0.3) is 0 Å². The molecule has 4 rings (SSSR count). The van der Waals surface area contributed by atoms with Crippen molar-refractivity contribution in [2.24, 2.45) is 0 Å². The van der Waals surface area contributed by atoms with Crippen molar-refractivity contribution < 1.29 is 24.2 Å². The second-order valence-corrected chi connectivity index (χ2v) is 10.1. The van der Waals surface area contributed by atoms with Gasteiger partial charge in [-0.2, -0.15) is 0 Å². The minimum absolute atomic E-state index is 0.135. The van der Waals surface area contributed by atoms with E-state index in [0.717, 1.165) is 11.1 Å². The summed E-state index contributed by atoms with van der Waals surface area (Å²) in [7, 11) is 0. The molecule has 8 nitrogen and oxygen atoms in total. The number of aromatic carboxylic acids is 1. The molecule has 0 fully saturated rings. The van der Waals surface area contributed by atoms with Crippen LogP contribution in [0.4, 0.5) is 16.2 Å². The van der Waals surface area contributed by atoms with E-state index >= 15 is 0 Å². The van der Waals surface area contributed by atoms with E-state index in [-0.39, 0.29) is 23.5 Å². The maximum absolute atomic E-state index is 12.8. The third-order valence-electron chi connectivity index (χ3n) is 5.94. The number of carboxylic acid groups (broad SMARTS) is 1. The molecule has 0 radical (unpaired) electrons. The van der Waals surface area contributed by atoms with Crippen molar-refractivity contribution in [3.05, 3.63) is 107 Å². The van der Waals surface area contributed by atoms with Crippen molar-refractivity contribution in [3.63, 3.8) is 0 Å². The summed E-state index contributed by atoms with van der Waals surface area (Å²) in [5.41, 5.74) is 3.61. The molecule has 2 amide bonds. The lowest BCUT2D eigenvalue weighted by Crippen LogP contribution is -2.20. The first-order valence-corrected chi connectivity index (χ1v) is 12.5. The molecular weight excluding hydrogens is 494 g/mol. The molecule has 39 heavy (non-hydrogen) atoms. The molecule has 0 aliphatic rings. The molecule has 0 saturated heterocycles. The van der Waals surface area contributed by atoms with Crippen molar-refractivity contribution in [2.75, 3.05) is 10.6 Å². The third-order valence-corrected chi connectivity index (χ3v) is 5.94. The molecule has 0 saturated carbocycles. The first kappa shape index (κ1) is 27.2. The maximum Gasteiger partial charge on any atom is 0.335 e. The van der Waals surface area contributed by atoms with Crippen LogP contribution in [0.2, 0.25) is 0 Å². The van der Waals surface area contributed by atoms with Gasteiger partial charge in [0.1, 0.15) is 23.8 Å². The van der Waals surface area contributed by atoms with E-state index in [9.17, 15) is 14.7 Å². The fraction of sp³-hybridized carbons (Fsp3) is 0.194. The van der Waals surface area contributed by atoms with Crippen LogP contribution in [0, 0.1) is 6.92 Å². The molecule has 4 aromatic rings. The predicted molar refractivity (Wildman–Crippen MR) is 151 cm³/mol. The van der Waals surface area contributed by atoms with Crippen LogP contribution in [0.5, 0.6) is 17.4 Å². The Morgan fingerprint density at radius 2 is 1.72 bits per heavy atom. The van der Waals surface area contributed by atoms with Gasteiger partial charge in [-0.05, 0) is 59.9 Å². The number of urea groups is 1. The number of aromatic nitrogens is 1. The lowest BCUT2D eigenvalue weighted by atomic mass is 9.86. The van der Waals surface area contributed by atoms with Crippen LogP contribution in [0.25, 0.3) is 0 Å². The van der Waals surface area contributed by atoms with Crippen molar-refractivity contribution >= 4 is 23.4 Å². The lowest BCUT2D eigenvalue weighted by molar-refractivity contribution is 0.0696. The van der Waals surface area contributed by atoms with E-state index in [1.807, 2.05) is 24.3 Å². The number of carboxylic acids is 1. The number of anilines is 2. The number of para-hydroxylation sites is 1. The van der Waals surface area contributed by atoms with E-state index in [1.54, 1.807) is 67.7 Å². The summed E-state index contributed by atoms with van der Waals surface area (Å²) in [5, 5.41) is 14.8. The summed E-state index contributed by atoms with van der Waals surface area (Å²) in [6, 6.07) is 22.8. The summed E-state index contributed by atoms with van der Waals surface area (Å²) >= 11 is 0. The lowest BCUT2D eigenvalue weighted by Gasteiger charge is -2.22. The monoisotopic (exact) mass is 525 g/mol. The normalized spacial score (nSPS) is 11.0. The van der Waals surface area contributed by atoms with Gasteiger partial charge in [-0.3, -0.25) is 0 Å². The van der Waals surface area contributed by atoms with Crippen molar-refractivity contribution in [2.45, 2.75) is 39.7 Å². The van der Waals surface area contributed by atoms with Gasteiger partial charge < -0.3 is 25.2 Å². The molecule has 8 heteroatoms. The number of nitrogens with zero attached hydrogens (tertiary/aromatic N) is 1. The zero-order chi connectivity index (χ0) is 28.0. The Balaban J connectivity index is 1.41. The fourth-order valence-electron chi connectivity index (χ4n) is 4.02. The molecule has 0 aliphatic carbocycles. The number of aryl methyl sites for hydroxylation is 1. The number of nitrogens with one attached hydrogen (secondary N) is 2. The van der Waals surface area contributed by atoms with E-state index < -0.39 is 12.0 Å². The Labute approximate surface area is 227 Å². The Morgan fingerprint density at radius 3 is 2.46 bits per heavy atom. The number of pyridine rings is 1. The van der Waals surface area contributed by atoms with E-state index in [2.05, 4.69) is 36.4 Å². The second-order valence-electron chi connectivity index (χ2n) is 10.1. The fourth-order valence-corrected chi connectivity index (χ4v) is 4.02. The summed E-state index contributed by atoms with van der Waals surface area (Å²) in [6.07, 6.45) is 1.61. The molecule has 3 N–H and O–H groups in total. The van der Waals surface area contributed by atoms with Crippen LogP contribution in [0.3, 0.4) is 0 Å². The third kappa shape index (κ3) is 7.13. The highest BCUT2D eigenvalue weighted by Crippen LogP contribution is 2.35. The highest BCUT2D eigenvalue weighted by atomic mass is 16.5. The summed E-state index contributed by atoms with van der Waals surface area (Å²) in [6.45, 7) is 8.32. The van der Waals surface area contributed by atoms with Gasteiger partial charge in [0.15, 0.2) is 0 Å². The highest BCUT2D eigenvalue weighted by Gasteiger charge is 2.20. The van der Waals surface area contributed by atoms with E-state index in [0.29, 0.717) is 28.4 Å². The van der Waals surface area contributed by atoms with Gasteiger partial charge in [0.05, 0.1) is 5.56 Å². The van der Waals surface area contributed by atoms with Crippen molar-refractivity contribution in [3.8, 4) is 17.4 Å². The van der Waals surface area contributed by atoms with Crippen LogP contribution >= 0.6 is 0 Å². The SMILES string of the molecule is Cc1cc(COc2cccc(NC(=O)Nc3cccnc3Oc3ccccc3C(C)(C)C)c2)ccc1C(=O)O. The minimum Gasteiger partial charge on any atom is -0.489 e. The molecule has 200 valence electrons. The average molecular weight is 526 g/mol. The minimum atomic E-state index is -0.961. The van der Waals surface area contributed by atoms with E-state index in [1.165, 1.54) is 0 Å². The summed E-state index contributed by atoms with van der Waals surface area (Å²) in [5.74, 6) is 0.545. The number of rotatable bonds is 8. The van der Waals surface area contributed by atoms with Gasteiger partial charge in [0, 0.05) is 23.5 Å². The standard InChI is InChI=1S/C31H31N3O5/c1-20-17-21(14-15-24(20)29(35)36)19-38-23-10-7-9-22(18-23)33-30(37)34-26-12-8-16-32-28(26)39-27-13-6-5-11-25(27)31(2,3)4/h5-18H,19H2,1-4H3,(H,35,36)(H2,33,34,37). The van der Waals surface area contributed by atoms with Crippen LogP contribution < -0.4 is 20.1 Å². The number of hydrogen-bond donors (Lipinski definition) is 3. The Kier molecular flexibility index (Phi) is 8.15. The highest BCUT2D eigenvalue weighted by molar-refractivity contribution is 6.00. The number of ether oxygens (including phenoxy) is 2. The van der Waals surface area contributed by atoms with E-state index in [4.69, 9.17) is 9.47 Å². The number of hydrogen-bond acceptors (Lipinski definition) is 5. The predicted octanol–water partition coefficient (Wildman–Crippen LogP) is 7.40. The van der Waals surface area contributed by atoms with Gasteiger partial charge in [-0.1, -0.05) is 57.2 Å². The van der Waals surface area contributed by atoms with Crippen LogP contribution in [-0.2, 0) is 12.0 Å². The Hall–Kier alpha value is -4.85. The number of benzene rings is 3. The van der Waals surface area contributed by atoms with Crippen LogP contribution in [-0.4, -0.2) is 22.1 Å². The van der Waals surface area contributed by atoms with Crippen molar-refractivity contribution in [1.29, 1.82) is 0 Å². The topological polar surface area (TPSA) is 110 Å². The molecule has 3 aromatic carbocycles. The second kappa shape index (κ2) is 11.7. The van der Waals surface area contributed by atoms with Crippen molar-refractivity contribution in [1.82, 2.24) is 4.98 Å². The number of carbonyl (C=O) groups excluding carboxylic acids is 1. The Morgan fingerprint density at radius 1 is 0.923 bits per heavy atom. The maximum atomic E-state index is 12.8. The number of carbonyl (C=O) groups is 2. The molecular formula is C31H31N3O5. The zero-order valence-corrected chi connectivity index (χ0v) is 22.3. The molecule has 0 unspecified atom stereocenters. The molecule has 0 bridgehead atoms. The first-order valence-electron chi connectivity index (χ1n) is 12.5. The molecule has 0 spiro atoms. The Bertz CT molecular complexity index is 1490. The van der Waals surface area contributed by atoms with Gasteiger partial charge in [0.2, 0.25) is 5.88 Å². The zero-order valence-electron chi connectivity index (χ0n) is 22.3. The molecule has 1 heterocycles. The summed E-state index contributed by atoms with van der Waals surface area (Å²) < 4.78 is 12.0. The smallest absolute Gasteiger partial charge is 0.335 e. The molecule has 0 atom stereocenters. The molecule has 0 aliphatic heterocycles. The van der Waals surface area contributed by atoms with Gasteiger partial charge in [-0.25, -0.2) is 14.6 Å². The molecule has 1 aromatic heterocycles. The summed E-state index contributed by atoms with van der Waals surface area (Å²) in [4.78, 5) is 28.4. The number of amides is 2. The van der Waals surface area contributed by atoms with Crippen LogP contribution in [0.15, 0.2) is 85.1 Å². The average Bonchev–Trinajstić information content (AvgIpc) is 2.88. The first-order chi connectivity index (χ1) is 18.6. The quantitative estimate of drug-likeness (QED) is 0.221. The largest absolute Gasteiger partial charge is 0.489 e. The van der Waals surface area contributed by atoms with Crippen LogP contribution in [0.1, 0.15) is 47.8 Å². The van der Waals surface area contributed by atoms with Gasteiger partial charge in [-0.15, -0.1) is 0 Å².